The Morgan fingerprint density at radius 3 is 2.80 bits per heavy atom. The molecule has 20 heavy (non-hydrogen) atoms. The van der Waals surface area contributed by atoms with E-state index in [-0.39, 0.29) is 5.91 Å². The fourth-order valence-corrected chi connectivity index (χ4v) is 2.43. The summed E-state index contributed by atoms with van der Waals surface area (Å²) in [5, 5.41) is 6.32. The Hall–Kier alpha value is -2.55. The molecule has 0 radical (unpaired) electrons. The van der Waals surface area contributed by atoms with Crippen LogP contribution in [-0.2, 0) is 11.3 Å². The Morgan fingerprint density at radius 2 is 2.00 bits per heavy atom. The zero-order chi connectivity index (χ0) is 14.1. The van der Waals surface area contributed by atoms with Crippen molar-refractivity contribution in [3.63, 3.8) is 0 Å². The average Bonchev–Trinajstić information content (AvgIpc) is 2.47. The van der Waals surface area contributed by atoms with Crippen molar-refractivity contribution in [2.24, 2.45) is 0 Å². The first-order chi connectivity index (χ1) is 9.66. The van der Waals surface area contributed by atoms with E-state index in [1.165, 1.54) is 11.1 Å². The molecule has 3 rings (SSSR count). The standard InChI is InChI=1S/C17H16N2O/c1-11(2)17(20)19-15-9-5-8-14-16(15)13-7-4-3-6-12(13)10-18-14/h3-9,18H,1,10H2,2H3,(H,19,20). The molecule has 2 aromatic carbocycles. The number of hydrogen-bond donors (Lipinski definition) is 2. The van der Waals surface area contributed by atoms with Gasteiger partial charge in [-0.05, 0) is 30.2 Å². The van der Waals surface area contributed by atoms with Gasteiger partial charge in [-0.2, -0.15) is 0 Å². The maximum Gasteiger partial charge on any atom is 0.250 e. The van der Waals surface area contributed by atoms with Gasteiger partial charge in [-0.3, -0.25) is 4.79 Å². The Bertz CT molecular complexity index is 704. The second-order valence-electron chi connectivity index (χ2n) is 4.97. The van der Waals surface area contributed by atoms with E-state index in [1.54, 1.807) is 6.92 Å². The number of hydrogen-bond acceptors (Lipinski definition) is 2. The van der Waals surface area contributed by atoms with Crippen LogP contribution in [0.5, 0.6) is 0 Å². The number of rotatable bonds is 2. The molecule has 0 saturated carbocycles. The lowest BCUT2D eigenvalue weighted by molar-refractivity contribution is -0.112. The number of fused-ring (bicyclic) bond motifs is 3. The van der Waals surface area contributed by atoms with E-state index in [9.17, 15) is 4.79 Å². The second kappa shape index (κ2) is 4.85. The van der Waals surface area contributed by atoms with Gasteiger partial charge in [0.15, 0.2) is 0 Å². The van der Waals surface area contributed by atoms with E-state index in [4.69, 9.17) is 0 Å². The van der Waals surface area contributed by atoms with E-state index in [0.717, 1.165) is 23.5 Å². The van der Waals surface area contributed by atoms with Crippen LogP contribution in [-0.4, -0.2) is 5.91 Å². The number of carbonyl (C=O) groups excluding carboxylic acids is 1. The second-order valence-corrected chi connectivity index (χ2v) is 4.97. The molecule has 1 aliphatic heterocycles. The summed E-state index contributed by atoms with van der Waals surface area (Å²) in [6.45, 7) is 6.19. The topological polar surface area (TPSA) is 41.1 Å². The molecule has 3 nitrogen and oxygen atoms in total. The van der Waals surface area contributed by atoms with Gasteiger partial charge in [-0.15, -0.1) is 0 Å². The molecule has 0 atom stereocenters. The van der Waals surface area contributed by atoms with Crippen molar-refractivity contribution in [3.8, 4) is 11.1 Å². The lowest BCUT2D eigenvalue weighted by Crippen LogP contribution is -2.15. The SMILES string of the molecule is C=C(C)C(=O)Nc1cccc2c1-c1ccccc1CN2. The molecule has 100 valence electrons. The first kappa shape index (κ1) is 12.5. The summed E-state index contributed by atoms with van der Waals surface area (Å²) >= 11 is 0. The Balaban J connectivity index is 2.12. The molecule has 2 N–H and O–H groups in total. The van der Waals surface area contributed by atoms with Crippen LogP contribution in [0, 0.1) is 0 Å². The van der Waals surface area contributed by atoms with Crippen LogP contribution in [0.4, 0.5) is 11.4 Å². The van der Waals surface area contributed by atoms with Crippen LogP contribution < -0.4 is 10.6 Å². The summed E-state index contributed by atoms with van der Waals surface area (Å²) in [7, 11) is 0. The summed E-state index contributed by atoms with van der Waals surface area (Å²) < 4.78 is 0. The number of amides is 1. The molecule has 0 aliphatic carbocycles. The van der Waals surface area contributed by atoms with E-state index >= 15 is 0 Å². The van der Waals surface area contributed by atoms with Crippen LogP contribution in [0.25, 0.3) is 11.1 Å². The number of carbonyl (C=O) groups is 1. The summed E-state index contributed by atoms with van der Waals surface area (Å²) in [6, 6.07) is 14.1. The van der Waals surface area contributed by atoms with Crippen molar-refractivity contribution in [2.75, 3.05) is 10.6 Å². The van der Waals surface area contributed by atoms with Crippen molar-refractivity contribution in [1.82, 2.24) is 0 Å². The lowest BCUT2D eigenvalue weighted by Gasteiger charge is -2.24. The van der Waals surface area contributed by atoms with Crippen LogP contribution in [0.15, 0.2) is 54.6 Å². The molecule has 0 unspecified atom stereocenters. The molecule has 0 spiro atoms. The fraction of sp³-hybridized carbons (Fsp3) is 0.118. The molecular weight excluding hydrogens is 248 g/mol. The van der Waals surface area contributed by atoms with Crippen LogP contribution in [0.1, 0.15) is 12.5 Å². The van der Waals surface area contributed by atoms with E-state index in [2.05, 4.69) is 29.3 Å². The van der Waals surface area contributed by atoms with Crippen molar-refractivity contribution in [2.45, 2.75) is 13.5 Å². The normalized spacial score (nSPS) is 11.8. The Labute approximate surface area is 118 Å². The first-order valence-corrected chi connectivity index (χ1v) is 6.59. The molecule has 0 aromatic heterocycles. The summed E-state index contributed by atoms with van der Waals surface area (Å²) in [5.41, 5.74) is 5.80. The fourth-order valence-electron chi connectivity index (χ4n) is 2.43. The molecule has 2 aromatic rings. The van der Waals surface area contributed by atoms with E-state index in [1.807, 2.05) is 30.3 Å². The first-order valence-electron chi connectivity index (χ1n) is 6.59. The Kier molecular flexibility index (Phi) is 3.03. The highest BCUT2D eigenvalue weighted by molar-refractivity contribution is 6.07. The van der Waals surface area contributed by atoms with E-state index in [0.29, 0.717) is 5.57 Å². The third-order valence-electron chi connectivity index (χ3n) is 3.46. The van der Waals surface area contributed by atoms with Crippen molar-refractivity contribution in [1.29, 1.82) is 0 Å². The Morgan fingerprint density at radius 1 is 1.20 bits per heavy atom. The van der Waals surface area contributed by atoms with Gasteiger partial charge in [0.2, 0.25) is 0 Å². The molecule has 0 fully saturated rings. The monoisotopic (exact) mass is 264 g/mol. The minimum absolute atomic E-state index is 0.151. The van der Waals surface area contributed by atoms with Gasteiger partial charge in [0, 0.05) is 23.4 Å². The van der Waals surface area contributed by atoms with E-state index < -0.39 is 0 Å². The van der Waals surface area contributed by atoms with Gasteiger partial charge >= 0.3 is 0 Å². The zero-order valence-electron chi connectivity index (χ0n) is 11.4. The highest BCUT2D eigenvalue weighted by Gasteiger charge is 2.19. The minimum Gasteiger partial charge on any atom is -0.380 e. The average molecular weight is 264 g/mol. The smallest absolute Gasteiger partial charge is 0.250 e. The third-order valence-corrected chi connectivity index (χ3v) is 3.46. The number of nitrogens with one attached hydrogen (secondary N) is 2. The summed E-state index contributed by atoms with van der Waals surface area (Å²) in [6.07, 6.45) is 0. The van der Waals surface area contributed by atoms with Gasteiger partial charge < -0.3 is 10.6 Å². The summed E-state index contributed by atoms with van der Waals surface area (Å²) in [5.74, 6) is -0.151. The molecule has 1 heterocycles. The molecule has 3 heteroatoms. The molecule has 1 amide bonds. The van der Waals surface area contributed by atoms with Gasteiger partial charge in [0.1, 0.15) is 0 Å². The highest BCUT2D eigenvalue weighted by atomic mass is 16.1. The van der Waals surface area contributed by atoms with Crippen molar-refractivity contribution in [3.05, 3.63) is 60.2 Å². The van der Waals surface area contributed by atoms with Crippen LogP contribution >= 0.6 is 0 Å². The third kappa shape index (κ3) is 2.07. The van der Waals surface area contributed by atoms with Crippen LogP contribution in [0.3, 0.4) is 0 Å². The van der Waals surface area contributed by atoms with Crippen molar-refractivity contribution >= 4 is 17.3 Å². The molecule has 0 bridgehead atoms. The minimum atomic E-state index is -0.151. The molecule has 0 saturated heterocycles. The quantitative estimate of drug-likeness (QED) is 0.810. The predicted molar refractivity (Wildman–Crippen MR) is 82.6 cm³/mol. The van der Waals surface area contributed by atoms with Gasteiger partial charge in [0.25, 0.3) is 5.91 Å². The largest absolute Gasteiger partial charge is 0.380 e. The number of anilines is 2. The zero-order valence-corrected chi connectivity index (χ0v) is 11.4. The number of benzene rings is 2. The predicted octanol–water partition coefficient (Wildman–Crippen LogP) is 3.79. The van der Waals surface area contributed by atoms with Crippen molar-refractivity contribution < 1.29 is 4.79 Å². The lowest BCUT2D eigenvalue weighted by atomic mass is 9.93. The van der Waals surface area contributed by atoms with Gasteiger partial charge in [-0.1, -0.05) is 36.9 Å². The maximum atomic E-state index is 11.9. The molecular formula is C17H16N2O. The summed E-state index contributed by atoms with van der Waals surface area (Å²) in [4.78, 5) is 11.9. The van der Waals surface area contributed by atoms with Gasteiger partial charge in [-0.25, -0.2) is 0 Å². The molecule has 1 aliphatic rings. The maximum absolute atomic E-state index is 11.9. The van der Waals surface area contributed by atoms with Gasteiger partial charge in [0.05, 0.1) is 5.69 Å². The van der Waals surface area contributed by atoms with Crippen LogP contribution in [0.2, 0.25) is 0 Å². The highest BCUT2D eigenvalue weighted by Crippen LogP contribution is 2.40.